The van der Waals surface area contributed by atoms with E-state index in [0.29, 0.717) is 11.7 Å². The van der Waals surface area contributed by atoms with Crippen LogP contribution in [0.4, 0.5) is 5.69 Å². The molecule has 2 aliphatic rings. The second kappa shape index (κ2) is 7.35. The van der Waals surface area contributed by atoms with Gasteiger partial charge in [0.2, 0.25) is 5.91 Å². The van der Waals surface area contributed by atoms with E-state index < -0.39 is 6.04 Å². The van der Waals surface area contributed by atoms with E-state index in [2.05, 4.69) is 24.4 Å². The number of fused-ring (bicyclic) bond motifs is 1. The van der Waals surface area contributed by atoms with Crippen molar-refractivity contribution in [2.75, 3.05) is 4.90 Å². The van der Waals surface area contributed by atoms with Crippen LogP contribution in [0.5, 0.6) is 0 Å². The van der Waals surface area contributed by atoms with E-state index >= 15 is 0 Å². The van der Waals surface area contributed by atoms with Gasteiger partial charge in [-0.3, -0.25) is 9.59 Å². The lowest BCUT2D eigenvalue weighted by atomic mass is 10.2. The van der Waals surface area contributed by atoms with E-state index in [9.17, 15) is 9.59 Å². The second-order valence-corrected chi connectivity index (χ2v) is 9.04. The molecule has 3 aromatic rings. The summed E-state index contributed by atoms with van der Waals surface area (Å²) >= 11 is 1.65. The normalized spacial score (nSPS) is 20.3. The van der Waals surface area contributed by atoms with E-state index in [1.54, 1.807) is 11.3 Å². The molecule has 2 aromatic carbocycles. The molecule has 1 aliphatic carbocycles. The van der Waals surface area contributed by atoms with Gasteiger partial charge in [-0.25, -0.2) is 9.88 Å². The summed E-state index contributed by atoms with van der Waals surface area (Å²) in [7, 11) is 0. The molecule has 29 heavy (non-hydrogen) atoms. The topological polar surface area (TPSA) is 62.3 Å². The van der Waals surface area contributed by atoms with Gasteiger partial charge in [0.25, 0.3) is 5.91 Å². The Morgan fingerprint density at radius 3 is 2.59 bits per heavy atom. The zero-order valence-corrected chi connectivity index (χ0v) is 17.2. The first-order valence-electron chi connectivity index (χ1n) is 10.2. The molecule has 1 aromatic heterocycles. The van der Waals surface area contributed by atoms with Gasteiger partial charge in [0.05, 0.1) is 28.4 Å². The summed E-state index contributed by atoms with van der Waals surface area (Å²) in [6, 6.07) is 13.8. The number of carbonyl (C=O) groups excluding carboxylic acids is 2. The number of amides is 2. The van der Waals surface area contributed by atoms with Gasteiger partial charge >= 0.3 is 0 Å². The highest BCUT2D eigenvalue weighted by molar-refractivity contribution is 7.21. The molecule has 5 rings (SSSR count). The Morgan fingerprint density at radius 2 is 1.83 bits per heavy atom. The van der Waals surface area contributed by atoms with Crippen LogP contribution in [0, 0.1) is 6.92 Å². The third kappa shape index (κ3) is 3.47. The van der Waals surface area contributed by atoms with Crippen LogP contribution in [-0.2, 0) is 9.59 Å². The highest BCUT2D eigenvalue weighted by Gasteiger charge is 2.40. The minimum absolute atomic E-state index is 0.131. The largest absolute Gasteiger partial charge is 0.303 e. The molecule has 0 spiro atoms. The van der Waals surface area contributed by atoms with Crippen molar-refractivity contribution in [3.05, 3.63) is 48.0 Å². The Balaban J connectivity index is 1.36. The number of anilines is 1. The summed E-state index contributed by atoms with van der Waals surface area (Å²) in [4.78, 5) is 31.4. The van der Waals surface area contributed by atoms with Crippen LogP contribution in [0.3, 0.4) is 0 Å². The van der Waals surface area contributed by atoms with Crippen molar-refractivity contribution in [3.63, 3.8) is 0 Å². The first-order valence-corrected chi connectivity index (χ1v) is 11.0. The van der Waals surface area contributed by atoms with Gasteiger partial charge < -0.3 is 5.32 Å². The van der Waals surface area contributed by atoms with Gasteiger partial charge in [-0.2, -0.15) is 0 Å². The van der Waals surface area contributed by atoms with Crippen molar-refractivity contribution in [3.8, 4) is 10.6 Å². The Bertz CT molecular complexity index is 1080. The molecule has 0 bridgehead atoms. The van der Waals surface area contributed by atoms with Crippen LogP contribution in [-0.4, -0.2) is 28.9 Å². The monoisotopic (exact) mass is 405 g/mol. The number of aromatic nitrogens is 1. The third-order valence-electron chi connectivity index (χ3n) is 5.86. The SMILES string of the molecule is Cc1ccc2nc(-c3ccc(N4C(=O)CC(NC5CCCC5)C4=O)cc3)sc2c1. The van der Waals surface area contributed by atoms with Gasteiger partial charge in [0.15, 0.2) is 0 Å². The fraction of sp³-hybridized carbons (Fsp3) is 0.348. The van der Waals surface area contributed by atoms with Crippen LogP contribution in [0.15, 0.2) is 42.5 Å². The number of benzene rings is 2. The number of hydrogen-bond acceptors (Lipinski definition) is 5. The number of thiazole rings is 1. The predicted molar refractivity (Wildman–Crippen MR) is 116 cm³/mol. The number of hydrogen-bond donors (Lipinski definition) is 1. The molecule has 1 atom stereocenters. The Morgan fingerprint density at radius 1 is 1.07 bits per heavy atom. The highest BCUT2D eigenvalue weighted by atomic mass is 32.1. The lowest BCUT2D eigenvalue weighted by Gasteiger charge is -2.18. The van der Waals surface area contributed by atoms with Crippen molar-refractivity contribution in [2.24, 2.45) is 0 Å². The van der Waals surface area contributed by atoms with Gasteiger partial charge in [-0.15, -0.1) is 11.3 Å². The van der Waals surface area contributed by atoms with E-state index in [0.717, 1.165) is 33.6 Å². The van der Waals surface area contributed by atoms with Crippen LogP contribution in [0.25, 0.3) is 20.8 Å². The molecule has 1 aliphatic heterocycles. The van der Waals surface area contributed by atoms with Gasteiger partial charge in [0.1, 0.15) is 5.01 Å². The maximum Gasteiger partial charge on any atom is 0.251 e. The quantitative estimate of drug-likeness (QED) is 0.652. The zero-order valence-electron chi connectivity index (χ0n) is 16.4. The predicted octanol–water partition coefficient (Wildman–Crippen LogP) is 4.44. The molecule has 1 N–H and O–H groups in total. The molecule has 6 heteroatoms. The van der Waals surface area contributed by atoms with E-state index in [1.165, 1.54) is 23.3 Å². The van der Waals surface area contributed by atoms with Gasteiger partial charge in [-0.1, -0.05) is 18.9 Å². The van der Waals surface area contributed by atoms with E-state index in [1.807, 2.05) is 30.3 Å². The van der Waals surface area contributed by atoms with Gasteiger partial charge in [0, 0.05) is 11.6 Å². The number of nitrogens with zero attached hydrogens (tertiary/aromatic N) is 2. The standard InChI is InChI=1S/C23H23N3O2S/c1-14-6-11-18-20(12-14)29-22(25-18)15-7-9-17(10-8-15)26-21(27)13-19(23(26)28)24-16-4-2-3-5-16/h6-12,16,19,24H,2-5,13H2,1H3. The van der Waals surface area contributed by atoms with Crippen molar-refractivity contribution in [2.45, 2.75) is 51.1 Å². The molecule has 1 unspecified atom stereocenters. The lowest BCUT2D eigenvalue weighted by molar-refractivity contribution is -0.121. The zero-order chi connectivity index (χ0) is 20.0. The summed E-state index contributed by atoms with van der Waals surface area (Å²) in [5.41, 5.74) is 3.84. The summed E-state index contributed by atoms with van der Waals surface area (Å²) in [5, 5.41) is 4.34. The number of rotatable bonds is 4. The molecule has 148 valence electrons. The van der Waals surface area contributed by atoms with Crippen LogP contribution < -0.4 is 10.2 Å². The second-order valence-electron chi connectivity index (χ2n) is 8.01. The third-order valence-corrected chi connectivity index (χ3v) is 6.92. The van der Waals surface area contributed by atoms with Gasteiger partial charge in [-0.05, 0) is 61.7 Å². The Kier molecular flexibility index (Phi) is 4.68. The first kappa shape index (κ1) is 18.5. The number of imide groups is 1. The molecule has 1 saturated carbocycles. The Hall–Kier alpha value is -2.57. The maximum absolute atomic E-state index is 12.8. The number of aryl methyl sites for hydroxylation is 1. The molecule has 5 nitrogen and oxygen atoms in total. The average Bonchev–Trinajstić information content (AvgIpc) is 3.42. The molecular formula is C23H23N3O2S. The number of nitrogens with one attached hydrogen (secondary N) is 1. The fourth-order valence-electron chi connectivity index (χ4n) is 4.32. The lowest BCUT2D eigenvalue weighted by Crippen LogP contribution is -2.42. The minimum atomic E-state index is -0.391. The van der Waals surface area contributed by atoms with Crippen molar-refractivity contribution < 1.29 is 9.59 Å². The first-order chi connectivity index (χ1) is 14.1. The average molecular weight is 406 g/mol. The fourth-order valence-corrected chi connectivity index (χ4v) is 5.39. The summed E-state index contributed by atoms with van der Waals surface area (Å²) < 4.78 is 1.16. The molecule has 0 radical (unpaired) electrons. The molecule has 2 amide bonds. The van der Waals surface area contributed by atoms with Crippen molar-refractivity contribution in [1.82, 2.24) is 10.3 Å². The van der Waals surface area contributed by atoms with Crippen LogP contribution in [0.1, 0.15) is 37.7 Å². The summed E-state index contributed by atoms with van der Waals surface area (Å²) in [5.74, 6) is -0.265. The van der Waals surface area contributed by atoms with Crippen molar-refractivity contribution in [1.29, 1.82) is 0 Å². The van der Waals surface area contributed by atoms with Crippen LogP contribution >= 0.6 is 11.3 Å². The number of carbonyl (C=O) groups is 2. The Labute approximate surface area is 173 Å². The van der Waals surface area contributed by atoms with Crippen molar-refractivity contribution >= 4 is 39.1 Å². The minimum Gasteiger partial charge on any atom is -0.303 e. The smallest absolute Gasteiger partial charge is 0.251 e. The molecule has 1 saturated heterocycles. The van der Waals surface area contributed by atoms with E-state index in [-0.39, 0.29) is 18.2 Å². The maximum atomic E-state index is 12.8. The van der Waals surface area contributed by atoms with Crippen LogP contribution in [0.2, 0.25) is 0 Å². The molecular weight excluding hydrogens is 382 g/mol. The highest BCUT2D eigenvalue weighted by Crippen LogP contribution is 2.33. The molecule has 2 heterocycles. The summed E-state index contributed by atoms with van der Waals surface area (Å²) in [6.45, 7) is 2.08. The van der Waals surface area contributed by atoms with E-state index in [4.69, 9.17) is 4.98 Å². The summed E-state index contributed by atoms with van der Waals surface area (Å²) in [6.07, 6.45) is 4.82. The molecule has 2 fully saturated rings.